The fraction of sp³-hybridized carbons (Fsp3) is 0.526. The summed E-state index contributed by atoms with van der Waals surface area (Å²) in [6.07, 6.45) is 1.20. The van der Waals surface area contributed by atoms with E-state index in [1.807, 2.05) is 12.1 Å². The van der Waals surface area contributed by atoms with Crippen LogP contribution in [0, 0.1) is 0 Å². The molecule has 3 heterocycles. The van der Waals surface area contributed by atoms with Crippen molar-refractivity contribution in [3.8, 4) is 0 Å². The first-order chi connectivity index (χ1) is 12.9. The molecule has 3 aliphatic rings. The Balaban J connectivity index is 1.48. The molecule has 144 valence electrons. The highest BCUT2D eigenvalue weighted by Gasteiger charge is 2.41. The summed E-state index contributed by atoms with van der Waals surface area (Å²) in [5.41, 5.74) is 8.51. The summed E-state index contributed by atoms with van der Waals surface area (Å²) in [6, 6.07) is 5.06. The number of nitrogens with one attached hydrogen (secondary N) is 1. The molecule has 1 unspecified atom stereocenters. The minimum atomic E-state index is -0.597. The van der Waals surface area contributed by atoms with Crippen molar-refractivity contribution in [2.75, 3.05) is 19.7 Å². The van der Waals surface area contributed by atoms with Crippen molar-refractivity contribution in [2.24, 2.45) is 5.73 Å². The fourth-order valence-corrected chi connectivity index (χ4v) is 4.38. The quantitative estimate of drug-likeness (QED) is 0.591. The predicted molar refractivity (Wildman–Crippen MR) is 96.4 cm³/mol. The zero-order valence-electron chi connectivity index (χ0n) is 15.1. The van der Waals surface area contributed by atoms with Crippen LogP contribution >= 0.6 is 0 Å². The fourth-order valence-electron chi connectivity index (χ4n) is 4.38. The minimum absolute atomic E-state index is 0.0838. The molecule has 1 atom stereocenters. The Morgan fingerprint density at radius 2 is 2.04 bits per heavy atom. The van der Waals surface area contributed by atoms with Crippen LogP contribution in [0.5, 0.6) is 0 Å². The number of aliphatic hydroxyl groups is 1. The molecule has 8 nitrogen and oxygen atoms in total. The molecule has 1 aromatic carbocycles. The van der Waals surface area contributed by atoms with Gasteiger partial charge in [0.2, 0.25) is 11.8 Å². The maximum Gasteiger partial charge on any atom is 0.255 e. The van der Waals surface area contributed by atoms with Gasteiger partial charge >= 0.3 is 0 Å². The number of nitrogens with two attached hydrogens (primary N) is 1. The number of hydrogen-bond acceptors (Lipinski definition) is 6. The Labute approximate surface area is 157 Å². The SMILES string of the molecule is NC1(CCO)CN(Cc2cccc3c2CN(C2CCC(=O)NC2=O)C3=O)C1. The third-order valence-corrected chi connectivity index (χ3v) is 5.76. The topological polar surface area (TPSA) is 116 Å². The van der Waals surface area contributed by atoms with Crippen LogP contribution in [-0.2, 0) is 22.7 Å². The highest BCUT2D eigenvalue weighted by Crippen LogP contribution is 2.32. The summed E-state index contributed by atoms with van der Waals surface area (Å²) in [5, 5.41) is 11.4. The highest BCUT2D eigenvalue weighted by molar-refractivity contribution is 6.05. The molecule has 2 fully saturated rings. The Bertz CT molecular complexity index is 803. The Hall–Kier alpha value is -2.29. The summed E-state index contributed by atoms with van der Waals surface area (Å²) in [5.74, 6) is -0.834. The number of piperidine rings is 1. The number of fused-ring (bicyclic) bond motifs is 1. The van der Waals surface area contributed by atoms with E-state index in [2.05, 4.69) is 10.2 Å². The number of carbonyl (C=O) groups is 3. The van der Waals surface area contributed by atoms with Gasteiger partial charge in [-0.05, 0) is 30.0 Å². The molecule has 0 saturated carbocycles. The van der Waals surface area contributed by atoms with Gasteiger partial charge in [0.15, 0.2) is 0 Å². The van der Waals surface area contributed by atoms with Gasteiger partial charge < -0.3 is 15.7 Å². The number of imide groups is 1. The largest absolute Gasteiger partial charge is 0.396 e. The lowest BCUT2D eigenvalue weighted by Gasteiger charge is -2.48. The molecule has 4 rings (SSSR count). The van der Waals surface area contributed by atoms with Crippen molar-refractivity contribution in [1.82, 2.24) is 15.1 Å². The molecule has 0 aliphatic carbocycles. The number of nitrogens with zero attached hydrogens (tertiary/aromatic N) is 2. The van der Waals surface area contributed by atoms with Crippen molar-refractivity contribution in [3.63, 3.8) is 0 Å². The summed E-state index contributed by atoms with van der Waals surface area (Å²) in [7, 11) is 0. The van der Waals surface area contributed by atoms with E-state index in [-0.39, 0.29) is 30.4 Å². The number of aliphatic hydroxyl groups excluding tert-OH is 1. The summed E-state index contributed by atoms with van der Waals surface area (Å²) < 4.78 is 0. The average Bonchev–Trinajstić information content (AvgIpc) is 2.92. The molecule has 0 bridgehead atoms. The van der Waals surface area contributed by atoms with Crippen LogP contribution in [0.15, 0.2) is 18.2 Å². The van der Waals surface area contributed by atoms with Gasteiger partial charge in [-0.3, -0.25) is 24.6 Å². The van der Waals surface area contributed by atoms with E-state index in [1.165, 1.54) is 0 Å². The van der Waals surface area contributed by atoms with Crippen LogP contribution in [0.3, 0.4) is 0 Å². The first-order valence-electron chi connectivity index (χ1n) is 9.28. The minimum Gasteiger partial charge on any atom is -0.396 e. The van der Waals surface area contributed by atoms with Gasteiger partial charge in [0, 0.05) is 50.3 Å². The van der Waals surface area contributed by atoms with Gasteiger partial charge in [-0.2, -0.15) is 0 Å². The summed E-state index contributed by atoms with van der Waals surface area (Å²) >= 11 is 0. The van der Waals surface area contributed by atoms with E-state index < -0.39 is 11.9 Å². The lowest BCUT2D eigenvalue weighted by Crippen LogP contribution is -2.67. The lowest BCUT2D eigenvalue weighted by molar-refractivity contribution is -0.136. The standard InChI is InChI=1S/C19H24N4O4/c20-19(6-7-24)10-22(11-19)8-12-2-1-3-13-14(12)9-23(18(13)27)15-4-5-16(25)21-17(15)26/h1-3,15,24H,4-11,20H2,(H,21,25,26). The van der Waals surface area contributed by atoms with Gasteiger partial charge in [-0.1, -0.05) is 12.1 Å². The monoisotopic (exact) mass is 372 g/mol. The molecular weight excluding hydrogens is 348 g/mol. The van der Waals surface area contributed by atoms with E-state index in [9.17, 15) is 14.4 Å². The van der Waals surface area contributed by atoms with Crippen molar-refractivity contribution in [1.29, 1.82) is 0 Å². The summed E-state index contributed by atoms with van der Waals surface area (Å²) in [4.78, 5) is 40.2. The van der Waals surface area contributed by atoms with E-state index in [0.29, 0.717) is 44.6 Å². The molecule has 8 heteroatoms. The maximum atomic E-state index is 12.8. The van der Waals surface area contributed by atoms with Crippen LogP contribution in [-0.4, -0.2) is 63.9 Å². The van der Waals surface area contributed by atoms with Crippen molar-refractivity contribution >= 4 is 17.7 Å². The summed E-state index contributed by atoms with van der Waals surface area (Å²) in [6.45, 7) is 2.57. The van der Waals surface area contributed by atoms with E-state index in [4.69, 9.17) is 10.8 Å². The van der Waals surface area contributed by atoms with E-state index in [1.54, 1.807) is 11.0 Å². The Morgan fingerprint density at radius 3 is 2.74 bits per heavy atom. The molecule has 2 saturated heterocycles. The zero-order valence-corrected chi connectivity index (χ0v) is 15.1. The number of carbonyl (C=O) groups excluding carboxylic acids is 3. The second-order valence-corrected chi connectivity index (χ2v) is 7.82. The third kappa shape index (κ3) is 3.24. The van der Waals surface area contributed by atoms with Crippen LogP contribution in [0.1, 0.15) is 40.7 Å². The smallest absolute Gasteiger partial charge is 0.255 e. The molecule has 0 spiro atoms. The second-order valence-electron chi connectivity index (χ2n) is 7.82. The first-order valence-corrected chi connectivity index (χ1v) is 9.28. The molecule has 1 aromatic rings. The molecular formula is C19H24N4O4. The maximum absolute atomic E-state index is 12.8. The highest BCUT2D eigenvalue weighted by atomic mass is 16.3. The van der Waals surface area contributed by atoms with Crippen LogP contribution in [0.25, 0.3) is 0 Å². The van der Waals surface area contributed by atoms with Gasteiger partial charge in [-0.15, -0.1) is 0 Å². The molecule has 0 aromatic heterocycles. The van der Waals surface area contributed by atoms with Crippen LogP contribution in [0.2, 0.25) is 0 Å². The Kier molecular flexibility index (Phi) is 4.49. The normalized spacial score (nSPS) is 24.6. The van der Waals surface area contributed by atoms with Crippen LogP contribution < -0.4 is 11.1 Å². The first kappa shape index (κ1) is 18.1. The molecule has 27 heavy (non-hydrogen) atoms. The number of likely N-dealkylation sites (tertiary alicyclic amines) is 1. The zero-order chi connectivity index (χ0) is 19.2. The van der Waals surface area contributed by atoms with Crippen molar-refractivity contribution < 1.29 is 19.5 Å². The number of rotatable bonds is 5. The van der Waals surface area contributed by atoms with Gasteiger partial charge in [0.05, 0.1) is 0 Å². The predicted octanol–water partition coefficient (Wildman–Crippen LogP) is -0.657. The lowest BCUT2D eigenvalue weighted by atomic mass is 9.87. The molecule has 3 amide bonds. The number of amides is 3. The second kappa shape index (κ2) is 6.70. The third-order valence-electron chi connectivity index (χ3n) is 5.76. The van der Waals surface area contributed by atoms with Gasteiger partial charge in [0.1, 0.15) is 6.04 Å². The van der Waals surface area contributed by atoms with Gasteiger partial charge in [0.25, 0.3) is 5.91 Å². The average molecular weight is 372 g/mol. The Morgan fingerprint density at radius 1 is 1.26 bits per heavy atom. The number of hydrogen-bond donors (Lipinski definition) is 3. The number of benzene rings is 1. The molecule has 3 aliphatic heterocycles. The van der Waals surface area contributed by atoms with E-state index in [0.717, 1.165) is 11.1 Å². The van der Waals surface area contributed by atoms with E-state index >= 15 is 0 Å². The van der Waals surface area contributed by atoms with Crippen molar-refractivity contribution in [3.05, 3.63) is 34.9 Å². The molecule has 0 radical (unpaired) electrons. The van der Waals surface area contributed by atoms with Crippen LogP contribution in [0.4, 0.5) is 0 Å². The molecule has 4 N–H and O–H groups in total. The van der Waals surface area contributed by atoms with Gasteiger partial charge in [-0.25, -0.2) is 0 Å². The van der Waals surface area contributed by atoms with Crippen molar-refractivity contribution in [2.45, 2.75) is 43.9 Å².